The number of hydrogen-bond acceptors (Lipinski definition) is 6. The maximum absolute atomic E-state index is 12.9. The first-order valence-corrected chi connectivity index (χ1v) is 15.3. The molecule has 142 valence electrons. The second kappa shape index (κ2) is 7.75. The van der Waals surface area contributed by atoms with Crippen molar-refractivity contribution in [1.82, 2.24) is 0 Å². The molecule has 0 aliphatic carbocycles. The van der Waals surface area contributed by atoms with Gasteiger partial charge in [0.15, 0.2) is 0 Å². The number of thiophene rings is 1. The van der Waals surface area contributed by atoms with E-state index in [1.54, 1.807) is 17.5 Å². The summed E-state index contributed by atoms with van der Waals surface area (Å²) in [5.41, 5.74) is 0.573. The van der Waals surface area contributed by atoms with Crippen LogP contribution in [0.4, 0.5) is 0 Å². The van der Waals surface area contributed by atoms with Gasteiger partial charge in [-0.2, -0.15) is 0 Å². The molecule has 0 fully saturated rings. The SMILES string of the molecule is CC(=O)C(c1cc(C[SH](=O)=O)cc(S(=O)(=O)c2cccs2)c1)[Si](C)(C)C. The highest BCUT2D eigenvalue weighted by molar-refractivity contribution is 7.93. The molecule has 1 atom stereocenters. The van der Waals surface area contributed by atoms with Gasteiger partial charge in [-0.15, -0.1) is 11.3 Å². The monoisotopic (exact) mass is 430 g/mol. The molecule has 1 aromatic carbocycles. The van der Waals surface area contributed by atoms with Gasteiger partial charge in [-0.1, -0.05) is 31.8 Å². The van der Waals surface area contributed by atoms with Gasteiger partial charge in [0.05, 0.1) is 18.7 Å². The largest absolute Gasteiger partial charge is 0.300 e. The first-order valence-electron chi connectivity index (χ1n) is 7.97. The number of carbonyl (C=O) groups is 1. The van der Waals surface area contributed by atoms with Crippen molar-refractivity contribution in [2.75, 3.05) is 0 Å². The van der Waals surface area contributed by atoms with E-state index < -0.39 is 34.2 Å². The summed E-state index contributed by atoms with van der Waals surface area (Å²) in [6, 6.07) is 7.74. The Balaban J connectivity index is 2.72. The summed E-state index contributed by atoms with van der Waals surface area (Å²) in [5.74, 6) is -0.292. The molecule has 0 radical (unpaired) electrons. The molecule has 1 unspecified atom stereocenters. The van der Waals surface area contributed by atoms with Crippen molar-refractivity contribution in [3.63, 3.8) is 0 Å². The summed E-state index contributed by atoms with van der Waals surface area (Å²) in [6.45, 7) is 7.60. The molecule has 0 aliphatic heterocycles. The van der Waals surface area contributed by atoms with E-state index in [2.05, 4.69) is 0 Å². The standard InChI is InChI=1S/C17H22O5S3Si/c1-12(18)17(26(2,3)4)14-8-13(11-24(19)20)9-15(10-14)25(21,22)16-6-5-7-23-16/h5-10,17,24H,11H2,1-4H3. The van der Waals surface area contributed by atoms with Crippen LogP contribution in [-0.4, -0.2) is 30.7 Å². The smallest absolute Gasteiger partial charge is 0.215 e. The highest BCUT2D eigenvalue weighted by atomic mass is 32.2. The summed E-state index contributed by atoms with van der Waals surface area (Å²) < 4.78 is 48.4. The molecule has 0 N–H and O–H groups in total. The van der Waals surface area contributed by atoms with Crippen LogP contribution < -0.4 is 0 Å². The van der Waals surface area contributed by atoms with E-state index in [1.807, 2.05) is 19.6 Å². The number of Topliss-reactive ketones (excluding diaryl/α,β-unsaturated/α-hetero) is 1. The predicted molar refractivity (Wildman–Crippen MR) is 107 cm³/mol. The van der Waals surface area contributed by atoms with Gasteiger partial charge in [0, 0.05) is 5.54 Å². The van der Waals surface area contributed by atoms with Gasteiger partial charge in [-0.3, -0.25) is 4.79 Å². The topological polar surface area (TPSA) is 85.3 Å². The minimum Gasteiger partial charge on any atom is -0.300 e. The molecular weight excluding hydrogens is 408 g/mol. The predicted octanol–water partition coefficient (Wildman–Crippen LogP) is 3.24. The summed E-state index contributed by atoms with van der Waals surface area (Å²) in [6.07, 6.45) is 0. The molecule has 5 nitrogen and oxygen atoms in total. The van der Waals surface area contributed by atoms with Gasteiger partial charge < -0.3 is 0 Å². The lowest BCUT2D eigenvalue weighted by atomic mass is 10.1. The Kier molecular flexibility index (Phi) is 6.27. The van der Waals surface area contributed by atoms with Crippen molar-refractivity contribution >= 4 is 45.7 Å². The lowest BCUT2D eigenvalue weighted by Crippen LogP contribution is -2.35. The Hall–Kier alpha value is -1.29. The van der Waals surface area contributed by atoms with Crippen LogP contribution in [0.1, 0.15) is 23.6 Å². The van der Waals surface area contributed by atoms with Gasteiger partial charge in [0.1, 0.15) is 20.7 Å². The van der Waals surface area contributed by atoms with Crippen molar-refractivity contribution in [3.8, 4) is 0 Å². The normalized spacial score (nSPS) is 13.7. The second-order valence-corrected chi connectivity index (χ2v) is 16.7. The highest BCUT2D eigenvalue weighted by Gasteiger charge is 2.33. The quantitative estimate of drug-likeness (QED) is 0.538. The first kappa shape index (κ1) is 21.0. The summed E-state index contributed by atoms with van der Waals surface area (Å²) >= 11 is 1.10. The lowest BCUT2D eigenvalue weighted by molar-refractivity contribution is -0.116. The van der Waals surface area contributed by atoms with Crippen molar-refractivity contribution in [2.45, 2.75) is 47.0 Å². The van der Waals surface area contributed by atoms with Crippen LogP contribution in [0.5, 0.6) is 0 Å². The van der Waals surface area contributed by atoms with Gasteiger partial charge >= 0.3 is 0 Å². The molecule has 26 heavy (non-hydrogen) atoms. The second-order valence-electron chi connectivity index (χ2n) is 7.25. The van der Waals surface area contributed by atoms with E-state index in [0.717, 1.165) is 11.3 Å². The molecule has 0 spiro atoms. The number of sulfone groups is 1. The molecule has 0 saturated carbocycles. The van der Waals surface area contributed by atoms with Crippen molar-refractivity contribution in [2.24, 2.45) is 0 Å². The van der Waals surface area contributed by atoms with E-state index in [1.165, 1.54) is 25.1 Å². The zero-order valence-corrected chi connectivity index (χ0v) is 18.6. The molecular formula is C17H22O5S3Si. The molecule has 0 bridgehead atoms. The summed E-state index contributed by atoms with van der Waals surface area (Å²) in [5, 5.41) is 1.67. The highest BCUT2D eigenvalue weighted by Crippen LogP contribution is 2.33. The average Bonchev–Trinajstić information content (AvgIpc) is 2.98. The number of ketones is 1. The molecule has 2 aromatic rings. The van der Waals surface area contributed by atoms with E-state index in [0.29, 0.717) is 11.1 Å². The Morgan fingerprint density at radius 2 is 1.85 bits per heavy atom. The Morgan fingerprint density at radius 3 is 2.31 bits per heavy atom. The van der Waals surface area contributed by atoms with Crippen LogP contribution in [0.25, 0.3) is 0 Å². The maximum atomic E-state index is 12.9. The van der Waals surface area contributed by atoms with Gasteiger partial charge in [0.25, 0.3) is 0 Å². The lowest BCUT2D eigenvalue weighted by Gasteiger charge is -2.27. The third-order valence-corrected chi connectivity index (χ3v) is 10.2. The zero-order chi connectivity index (χ0) is 19.7. The molecule has 2 rings (SSSR count). The molecule has 9 heteroatoms. The van der Waals surface area contributed by atoms with Gasteiger partial charge in [-0.25, -0.2) is 16.8 Å². The van der Waals surface area contributed by atoms with Crippen LogP contribution in [0, 0.1) is 0 Å². The van der Waals surface area contributed by atoms with Crippen LogP contribution in [0.2, 0.25) is 19.6 Å². The Morgan fingerprint density at radius 1 is 1.19 bits per heavy atom. The fourth-order valence-electron chi connectivity index (χ4n) is 3.13. The van der Waals surface area contributed by atoms with Crippen molar-refractivity contribution < 1.29 is 21.6 Å². The van der Waals surface area contributed by atoms with E-state index in [-0.39, 0.29) is 20.6 Å². The zero-order valence-electron chi connectivity index (χ0n) is 15.1. The number of thiol groups is 1. The number of benzene rings is 1. The minimum atomic E-state index is -3.76. The molecule has 0 saturated heterocycles. The summed E-state index contributed by atoms with van der Waals surface area (Å²) in [7, 11) is -8.46. The Labute approximate surface area is 161 Å². The molecule has 1 aromatic heterocycles. The average molecular weight is 431 g/mol. The third-order valence-electron chi connectivity index (χ3n) is 3.98. The van der Waals surface area contributed by atoms with Crippen LogP contribution in [0.3, 0.4) is 0 Å². The van der Waals surface area contributed by atoms with Crippen molar-refractivity contribution in [3.05, 3.63) is 46.8 Å². The van der Waals surface area contributed by atoms with E-state index >= 15 is 0 Å². The fourth-order valence-corrected chi connectivity index (χ4v) is 8.49. The maximum Gasteiger partial charge on any atom is 0.215 e. The Bertz CT molecular complexity index is 976. The van der Waals surface area contributed by atoms with Crippen LogP contribution in [-0.2, 0) is 31.1 Å². The number of hydrogen-bond donors (Lipinski definition) is 1. The molecule has 0 aliphatic rings. The van der Waals surface area contributed by atoms with Crippen LogP contribution >= 0.6 is 11.3 Å². The van der Waals surface area contributed by atoms with E-state index in [9.17, 15) is 21.6 Å². The minimum absolute atomic E-state index is 0.0349. The van der Waals surface area contributed by atoms with Gasteiger partial charge in [0.2, 0.25) is 9.84 Å². The van der Waals surface area contributed by atoms with E-state index in [4.69, 9.17) is 0 Å². The fraction of sp³-hybridized carbons (Fsp3) is 0.353. The van der Waals surface area contributed by atoms with Crippen molar-refractivity contribution in [1.29, 1.82) is 0 Å². The molecule has 0 amide bonds. The third kappa shape index (κ3) is 4.70. The number of rotatable bonds is 7. The summed E-state index contributed by atoms with van der Waals surface area (Å²) in [4.78, 5) is 12.3. The van der Waals surface area contributed by atoms with Crippen LogP contribution in [0.15, 0.2) is 44.8 Å². The molecule has 1 heterocycles. The number of carbonyl (C=O) groups excluding carboxylic acids is 1. The first-order chi connectivity index (χ1) is 11.9. The van der Waals surface area contributed by atoms with Gasteiger partial charge in [-0.05, 0) is 41.6 Å².